The minimum absolute atomic E-state index is 0.0229. The van der Waals surface area contributed by atoms with Gasteiger partial charge in [-0.2, -0.15) is 0 Å². The minimum Gasteiger partial charge on any atom is -0.390 e. The number of likely N-dealkylation sites (N-methyl/N-ethyl adjacent to an activating group) is 7. The predicted octanol–water partition coefficient (Wildman–Crippen LogP) is 4.03. The fraction of sp³-hybridized carbons (Fsp3) is 0.806. The average Bonchev–Trinajstić information content (AvgIpc) is 0.995. The number of hydrogen-bond acceptors (Lipinski definition) is 13. The molecule has 24 nitrogen and oxygen atoms in total. The molecule has 11 amide bonds. The molecule has 6 N–H and O–H groups in total. The second-order valence-corrected chi connectivity index (χ2v) is 27.9. The first-order valence-electron chi connectivity index (χ1n) is 33.3. The predicted molar refractivity (Wildman–Crippen MR) is 355 cm³/mol. The van der Waals surface area contributed by atoms with Crippen molar-refractivity contribution in [3.8, 4) is 0 Å². The van der Waals surface area contributed by atoms with E-state index in [4.69, 9.17) is 0 Å². The highest BCUT2D eigenvalue weighted by Crippen LogP contribution is 2.26. The van der Waals surface area contributed by atoms with Gasteiger partial charge in [0.05, 0.1) is 12.6 Å². The van der Waals surface area contributed by atoms with Crippen LogP contribution in [0.5, 0.6) is 0 Å². The monoisotopic (exact) mass is 1290 g/mol. The third kappa shape index (κ3) is 25.0. The van der Waals surface area contributed by atoms with Crippen molar-refractivity contribution in [2.45, 2.75) is 242 Å². The van der Waals surface area contributed by atoms with E-state index in [-0.39, 0.29) is 55.8 Å². The molecular formula is C67H122N12O12. The van der Waals surface area contributed by atoms with Crippen molar-refractivity contribution in [3.63, 3.8) is 0 Å². The zero-order chi connectivity index (χ0) is 70.2. The van der Waals surface area contributed by atoms with Crippen LogP contribution in [0.3, 0.4) is 0 Å². The van der Waals surface area contributed by atoms with Gasteiger partial charge in [0.2, 0.25) is 65.0 Å². The number of rotatable bonds is 15. The highest BCUT2D eigenvalue weighted by molar-refractivity contribution is 5.99. The highest BCUT2D eigenvalue weighted by Gasteiger charge is 2.46. The second kappa shape index (κ2) is 39.4. The fourth-order valence-electron chi connectivity index (χ4n) is 11.5. The van der Waals surface area contributed by atoms with Gasteiger partial charge >= 0.3 is 0 Å². The zero-order valence-corrected chi connectivity index (χ0v) is 60.1. The van der Waals surface area contributed by atoms with Crippen molar-refractivity contribution in [3.05, 3.63) is 12.2 Å². The zero-order valence-electron chi connectivity index (χ0n) is 60.1. The lowest BCUT2D eigenvalue weighted by Gasteiger charge is -2.41. The topological polar surface area (TPSA) is 291 Å². The van der Waals surface area contributed by atoms with Gasteiger partial charge in [-0.1, -0.05) is 116 Å². The molecule has 522 valence electrons. The van der Waals surface area contributed by atoms with Crippen molar-refractivity contribution in [1.29, 1.82) is 0 Å². The maximum atomic E-state index is 15.1. The molecule has 0 aliphatic carbocycles. The summed E-state index contributed by atoms with van der Waals surface area (Å²) in [6.07, 6.45) is 7.26. The number of allylic oxidation sites excluding steroid dienone is 2. The summed E-state index contributed by atoms with van der Waals surface area (Å²) in [5, 5.41) is 26.3. The van der Waals surface area contributed by atoms with E-state index < -0.39 is 156 Å². The molecule has 0 aromatic carbocycles. The molecular weight excluding hydrogens is 1160 g/mol. The Labute approximate surface area is 546 Å². The Morgan fingerprint density at radius 3 is 1.32 bits per heavy atom. The Hall–Kier alpha value is -6.17. The maximum Gasteiger partial charge on any atom is 0.246 e. The lowest BCUT2D eigenvalue weighted by atomic mass is 9.91. The number of nitrogens with zero attached hydrogens (tertiary/aromatic N) is 7. The number of carbonyl (C=O) groups excluding carboxylic acids is 11. The molecule has 91 heavy (non-hydrogen) atoms. The lowest BCUT2D eigenvalue weighted by molar-refractivity contribution is -0.157. The smallest absolute Gasteiger partial charge is 0.246 e. The number of nitrogens with one attached hydrogen (secondary N) is 5. The third-order valence-electron chi connectivity index (χ3n) is 17.3. The summed E-state index contributed by atoms with van der Waals surface area (Å²) in [5.74, 6) is -9.71. The van der Waals surface area contributed by atoms with E-state index in [2.05, 4.69) is 26.6 Å². The van der Waals surface area contributed by atoms with E-state index in [1.165, 1.54) is 120 Å². The summed E-state index contributed by atoms with van der Waals surface area (Å²) in [4.78, 5) is 169. The van der Waals surface area contributed by atoms with Gasteiger partial charge in [0.25, 0.3) is 0 Å². The van der Waals surface area contributed by atoms with Crippen LogP contribution in [0.2, 0.25) is 0 Å². The van der Waals surface area contributed by atoms with Gasteiger partial charge in [-0.05, 0) is 127 Å². The van der Waals surface area contributed by atoms with E-state index in [0.29, 0.717) is 6.42 Å². The Morgan fingerprint density at radius 1 is 0.462 bits per heavy atom. The molecule has 12 atom stereocenters. The van der Waals surface area contributed by atoms with Crippen LogP contribution in [-0.4, -0.2) is 240 Å². The highest BCUT2D eigenvalue weighted by atomic mass is 16.3. The molecule has 24 heteroatoms. The van der Waals surface area contributed by atoms with Crippen LogP contribution in [-0.2, 0) is 52.7 Å². The van der Waals surface area contributed by atoms with Crippen LogP contribution in [0.1, 0.15) is 175 Å². The molecule has 2 heterocycles. The van der Waals surface area contributed by atoms with E-state index >= 15 is 9.59 Å². The fourth-order valence-corrected chi connectivity index (χ4v) is 11.5. The Bertz CT molecular complexity index is 2420. The van der Waals surface area contributed by atoms with E-state index in [0.717, 1.165) is 9.80 Å². The van der Waals surface area contributed by atoms with Gasteiger partial charge in [-0.15, -0.1) is 0 Å². The van der Waals surface area contributed by atoms with Gasteiger partial charge in [-0.3, -0.25) is 52.7 Å². The molecule has 0 aromatic heterocycles. The van der Waals surface area contributed by atoms with Crippen molar-refractivity contribution >= 4 is 65.0 Å². The van der Waals surface area contributed by atoms with Crippen LogP contribution in [0.4, 0.5) is 0 Å². The quantitative estimate of drug-likeness (QED) is 0.127. The van der Waals surface area contributed by atoms with Crippen molar-refractivity contribution in [1.82, 2.24) is 60.9 Å². The number of hydrogen-bond donors (Lipinski definition) is 6. The van der Waals surface area contributed by atoms with Crippen molar-refractivity contribution in [2.24, 2.45) is 41.4 Å². The van der Waals surface area contributed by atoms with Crippen LogP contribution in [0.25, 0.3) is 0 Å². The Balaban J connectivity index is 0.00000648. The van der Waals surface area contributed by atoms with E-state index in [1.807, 2.05) is 61.5 Å². The molecule has 2 saturated heterocycles. The molecule has 0 aromatic rings. The van der Waals surface area contributed by atoms with Gasteiger partial charge < -0.3 is 66.0 Å². The maximum absolute atomic E-state index is 15.1. The number of amides is 11. The van der Waals surface area contributed by atoms with Gasteiger partial charge in [0, 0.05) is 49.3 Å². The molecule has 2 aliphatic heterocycles. The first kappa shape index (κ1) is 82.8. The lowest BCUT2D eigenvalue weighted by Crippen LogP contribution is -2.63. The SMILES string of the molecule is C/C=C/C[C@@H](C)[C@@H](O)[C@H]1C(=O)N[C@@H](CC)C(=O)N(C)CC(=O)N(C)[C@@H](CC(C)C)C(=O)N[C@@H](C(C)C)C(=O)N(C)[C@@H](CC(C)C)C(=O)N[C@@H](C)C(=O)N[C@H](C)C(=O)N(C)[C@@H](CC(C)C)C(=O)N(C)[C@@H](CC(C)C)C(=O)N(C)[C@@H](C(C)C)C(=O)N1C.C1CCNCC1. The summed E-state index contributed by atoms with van der Waals surface area (Å²) in [6, 6.07) is -12.3. The normalized spacial score (nSPS) is 26.7. The Morgan fingerprint density at radius 2 is 0.890 bits per heavy atom. The van der Waals surface area contributed by atoms with Crippen molar-refractivity contribution < 1.29 is 57.8 Å². The molecule has 0 saturated carbocycles. The largest absolute Gasteiger partial charge is 0.390 e. The molecule has 0 spiro atoms. The summed E-state index contributed by atoms with van der Waals surface area (Å²) in [7, 11) is 9.92. The Kier molecular flexibility index (Phi) is 35.9. The van der Waals surface area contributed by atoms with Gasteiger partial charge in [0.15, 0.2) is 0 Å². The molecule has 0 bridgehead atoms. The van der Waals surface area contributed by atoms with Gasteiger partial charge in [-0.25, -0.2) is 0 Å². The third-order valence-corrected chi connectivity index (χ3v) is 17.3. The second-order valence-electron chi connectivity index (χ2n) is 27.9. The first-order chi connectivity index (χ1) is 42.2. The summed E-state index contributed by atoms with van der Waals surface area (Å²) in [5.41, 5.74) is 0. The van der Waals surface area contributed by atoms with Crippen LogP contribution in [0, 0.1) is 41.4 Å². The summed E-state index contributed by atoms with van der Waals surface area (Å²) in [6.45, 7) is 31.8. The average molecular weight is 1290 g/mol. The molecule has 2 aliphatic rings. The molecule has 0 radical (unpaired) electrons. The van der Waals surface area contributed by atoms with Crippen molar-refractivity contribution in [2.75, 3.05) is 69.0 Å². The minimum atomic E-state index is -1.61. The van der Waals surface area contributed by atoms with Crippen LogP contribution in [0.15, 0.2) is 12.2 Å². The standard InChI is InChI=1S/C62H111N11O12.C5H11N/c1-25-27-28-40(15)52(75)51-56(79)65-43(26-2)58(81)67(18)33-48(74)68(19)44(29-34(3)4)55(78)66-49(38(11)12)61(84)69(20)45(30-35(5)6)54(77)63-41(16)53(76)64-42(17)57(80)70(21)46(31-36(7)8)59(82)71(22)47(32-37(9)10)60(83)72(23)50(39(13)14)62(85)73(51)24;1-2-4-6-5-3-1/h25,27,34-47,49-52,75H,26,28-33H2,1-24H3,(H,63,77)(H,64,76)(H,65,79)(H,66,78);6H,1-5H2/b27-25+;/t40-,41+,42-,43+,44+,45+,46+,47+,49+,50+,51+,52-;/m1./s1. The number of aliphatic hydroxyl groups is 1. The summed E-state index contributed by atoms with van der Waals surface area (Å²) >= 11 is 0. The van der Waals surface area contributed by atoms with E-state index in [1.54, 1.807) is 54.5 Å². The molecule has 2 fully saturated rings. The molecule has 0 unspecified atom stereocenters. The van der Waals surface area contributed by atoms with Crippen LogP contribution >= 0.6 is 0 Å². The molecule has 2 rings (SSSR count). The van der Waals surface area contributed by atoms with Crippen LogP contribution < -0.4 is 26.6 Å². The van der Waals surface area contributed by atoms with E-state index in [9.17, 15) is 48.3 Å². The summed E-state index contributed by atoms with van der Waals surface area (Å²) < 4.78 is 0. The van der Waals surface area contributed by atoms with Gasteiger partial charge in [0.1, 0.15) is 60.4 Å². The number of aliphatic hydroxyl groups excluding tert-OH is 1. The number of carbonyl (C=O) groups is 11. The number of piperidine rings is 1. The first-order valence-corrected chi connectivity index (χ1v) is 33.3.